The van der Waals surface area contributed by atoms with Gasteiger partial charge >= 0.3 is 6.03 Å². The van der Waals surface area contributed by atoms with Crippen molar-refractivity contribution in [1.82, 2.24) is 9.97 Å². The molecule has 2 heterocycles. The highest BCUT2D eigenvalue weighted by molar-refractivity contribution is 6.11. The number of fused-ring (bicyclic) bond motifs is 1. The number of benzene rings is 3. The monoisotopic (exact) mass is 529 g/mol. The van der Waals surface area contributed by atoms with E-state index in [2.05, 4.69) is 15.3 Å². The molecule has 198 valence electrons. The zero-order valence-electron chi connectivity index (χ0n) is 19.6. The molecule has 8 nitrogen and oxygen atoms in total. The van der Waals surface area contributed by atoms with Crippen LogP contribution in [0.3, 0.4) is 0 Å². The number of rotatable bonds is 5. The highest BCUT2D eigenvalue weighted by Crippen LogP contribution is 2.28. The molecule has 5 rings (SSSR count). The maximum absolute atomic E-state index is 15.3. The van der Waals surface area contributed by atoms with E-state index in [1.165, 1.54) is 30.3 Å². The van der Waals surface area contributed by atoms with Crippen LogP contribution in [0.2, 0.25) is 0 Å². The number of hydrogen-bond acceptors (Lipinski definition) is 6. The van der Waals surface area contributed by atoms with Gasteiger partial charge in [0.25, 0.3) is 0 Å². The first-order valence-electron chi connectivity index (χ1n) is 11.5. The Balaban J connectivity index is 0.00000220. The van der Waals surface area contributed by atoms with Crippen LogP contribution in [0.1, 0.15) is 18.8 Å². The minimum absolute atomic E-state index is 0. The number of anilines is 3. The molecular weight excluding hydrogens is 506 g/mol. The molecule has 4 aromatic rings. The van der Waals surface area contributed by atoms with Crippen LogP contribution >= 0.6 is 0 Å². The fourth-order valence-corrected chi connectivity index (χ4v) is 3.98. The summed E-state index contributed by atoms with van der Waals surface area (Å²) in [5.74, 6) is -5.98. The Morgan fingerprint density at radius 1 is 0.921 bits per heavy atom. The number of carbonyl (C=O) groups excluding carboxylic acids is 2. The zero-order chi connectivity index (χ0) is 26.8. The number of morpholine rings is 1. The normalized spacial score (nSPS) is 13.4. The maximum Gasteiger partial charge on any atom is 0.323 e. The van der Waals surface area contributed by atoms with Crippen molar-refractivity contribution in [3.63, 3.8) is 0 Å². The van der Waals surface area contributed by atoms with Gasteiger partial charge in [0.15, 0.2) is 23.2 Å². The standard InChI is InChI=1S/C26H19F4N5O3.2H2/c27-15-2-1-3-16(11-15)32-26(37)34-20-12-17(28)23(29)22(24(20)30)25(36)14-4-5-18-19(10-14)33-21(13-31-18)35-6-8-38-9-7-35;;/h1-5,10-13H,6-9H2,(H2,32,34,37);2*1H. The van der Waals surface area contributed by atoms with Crippen molar-refractivity contribution in [1.29, 1.82) is 0 Å². The van der Waals surface area contributed by atoms with Crippen molar-refractivity contribution in [3.8, 4) is 0 Å². The number of ether oxygens (including phenoxy) is 1. The number of carbonyl (C=O) groups is 2. The molecular formula is C26H23F4N5O3. The fraction of sp³-hybridized carbons (Fsp3) is 0.154. The molecule has 0 spiro atoms. The predicted molar refractivity (Wildman–Crippen MR) is 136 cm³/mol. The molecule has 0 saturated carbocycles. The molecule has 2 amide bonds. The largest absolute Gasteiger partial charge is 0.378 e. The van der Waals surface area contributed by atoms with E-state index >= 15 is 4.39 Å². The second-order valence-electron chi connectivity index (χ2n) is 8.36. The molecule has 1 aliphatic heterocycles. The van der Waals surface area contributed by atoms with Crippen molar-refractivity contribution >= 4 is 40.0 Å². The summed E-state index contributed by atoms with van der Waals surface area (Å²) in [6, 6.07) is 8.26. The summed E-state index contributed by atoms with van der Waals surface area (Å²) in [7, 11) is 0. The second-order valence-corrected chi connectivity index (χ2v) is 8.36. The number of halogens is 4. The Morgan fingerprint density at radius 3 is 2.47 bits per heavy atom. The van der Waals surface area contributed by atoms with Crippen LogP contribution in [0.25, 0.3) is 11.0 Å². The minimum Gasteiger partial charge on any atom is -0.378 e. The van der Waals surface area contributed by atoms with E-state index in [-0.39, 0.29) is 14.1 Å². The summed E-state index contributed by atoms with van der Waals surface area (Å²) in [6.45, 7) is 2.24. The van der Waals surface area contributed by atoms with Gasteiger partial charge in [0, 0.05) is 33.3 Å². The van der Waals surface area contributed by atoms with Crippen molar-refractivity contribution in [2.75, 3.05) is 41.8 Å². The van der Waals surface area contributed by atoms with E-state index in [9.17, 15) is 22.8 Å². The van der Waals surface area contributed by atoms with E-state index in [0.29, 0.717) is 49.2 Å². The first-order chi connectivity index (χ1) is 18.3. The molecule has 0 radical (unpaired) electrons. The van der Waals surface area contributed by atoms with Crippen molar-refractivity contribution in [2.24, 2.45) is 0 Å². The fourth-order valence-electron chi connectivity index (χ4n) is 3.98. The molecule has 0 atom stereocenters. The van der Waals surface area contributed by atoms with Crippen LogP contribution in [0.15, 0.2) is 54.7 Å². The SMILES string of the molecule is O=C(Nc1cccc(F)c1)Nc1cc(F)c(F)c(C(=O)c2ccc3ncc(N4CCOCC4)nc3c2)c1F.[HH].[HH]. The molecule has 1 saturated heterocycles. The van der Waals surface area contributed by atoms with Crippen molar-refractivity contribution < 1.29 is 34.7 Å². The topological polar surface area (TPSA) is 96.5 Å². The van der Waals surface area contributed by atoms with Gasteiger partial charge < -0.3 is 20.3 Å². The molecule has 0 bridgehead atoms. The van der Waals surface area contributed by atoms with E-state index < -0.39 is 46.3 Å². The molecule has 38 heavy (non-hydrogen) atoms. The van der Waals surface area contributed by atoms with E-state index in [4.69, 9.17) is 4.74 Å². The van der Waals surface area contributed by atoms with Crippen LogP contribution in [-0.2, 0) is 4.74 Å². The van der Waals surface area contributed by atoms with E-state index in [0.717, 1.165) is 12.1 Å². The van der Waals surface area contributed by atoms with Gasteiger partial charge in [-0.15, -0.1) is 0 Å². The molecule has 1 aromatic heterocycles. The second kappa shape index (κ2) is 10.4. The summed E-state index contributed by atoms with van der Waals surface area (Å²) >= 11 is 0. The first-order valence-corrected chi connectivity index (χ1v) is 11.5. The number of ketones is 1. The lowest BCUT2D eigenvalue weighted by atomic mass is 10.0. The summed E-state index contributed by atoms with van der Waals surface area (Å²) in [5.41, 5.74) is -1.36. The smallest absolute Gasteiger partial charge is 0.323 e. The Kier molecular flexibility index (Phi) is 6.88. The third-order valence-corrected chi connectivity index (χ3v) is 5.84. The third kappa shape index (κ3) is 5.11. The summed E-state index contributed by atoms with van der Waals surface area (Å²) in [4.78, 5) is 36.2. The van der Waals surface area contributed by atoms with Gasteiger partial charge in [-0.1, -0.05) is 6.07 Å². The Bertz CT molecular complexity index is 1570. The summed E-state index contributed by atoms with van der Waals surface area (Å²) in [6.07, 6.45) is 1.58. The minimum atomic E-state index is -1.71. The van der Waals surface area contributed by atoms with Gasteiger partial charge in [0.05, 0.1) is 41.7 Å². The van der Waals surface area contributed by atoms with Crippen molar-refractivity contribution in [3.05, 3.63) is 89.1 Å². The number of nitrogens with zero attached hydrogens (tertiary/aromatic N) is 3. The van der Waals surface area contributed by atoms with Crippen LogP contribution in [0, 0.1) is 23.3 Å². The van der Waals surface area contributed by atoms with Crippen LogP contribution in [-0.4, -0.2) is 48.1 Å². The van der Waals surface area contributed by atoms with Gasteiger partial charge in [0.2, 0.25) is 0 Å². The number of hydrogen-bond donors (Lipinski definition) is 2. The Morgan fingerprint density at radius 2 is 1.71 bits per heavy atom. The molecule has 0 aliphatic carbocycles. The van der Waals surface area contributed by atoms with Crippen LogP contribution in [0.4, 0.5) is 39.5 Å². The zero-order valence-corrected chi connectivity index (χ0v) is 19.6. The lowest BCUT2D eigenvalue weighted by Crippen LogP contribution is -2.36. The van der Waals surface area contributed by atoms with E-state index in [1.54, 1.807) is 6.20 Å². The average molecular weight is 529 g/mol. The maximum atomic E-state index is 15.3. The highest BCUT2D eigenvalue weighted by atomic mass is 19.2. The molecule has 2 N–H and O–H groups in total. The molecule has 3 aromatic carbocycles. The number of aromatic nitrogens is 2. The van der Waals surface area contributed by atoms with Crippen LogP contribution in [0.5, 0.6) is 0 Å². The Hall–Kier alpha value is -4.58. The van der Waals surface area contributed by atoms with Crippen molar-refractivity contribution in [2.45, 2.75) is 0 Å². The van der Waals surface area contributed by atoms with Crippen LogP contribution < -0.4 is 15.5 Å². The van der Waals surface area contributed by atoms with Gasteiger partial charge in [-0.25, -0.2) is 27.3 Å². The molecule has 1 fully saturated rings. The number of urea groups is 1. The average Bonchev–Trinajstić information content (AvgIpc) is 2.91. The quantitative estimate of drug-likeness (QED) is 0.205. The van der Waals surface area contributed by atoms with E-state index in [1.807, 2.05) is 10.2 Å². The predicted octanol–water partition coefficient (Wildman–Crippen LogP) is 5.39. The lowest BCUT2D eigenvalue weighted by molar-refractivity contribution is 0.103. The highest BCUT2D eigenvalue weighted by Gasteiger charge is 2.27. The summed E-state index contributed by atoms with van der Waals surface area (Å²) in [5, 5.41) is 4.26. The summed E-state index contributed by atoms with van der Waals surface area (Å²) < 4.78 is 63.0. The molecule has 0 unspecified atom stereocenters. The number of nitrogens with one attached hydrogen (secondary N) is 2. The number of amides is 2. The van der Waals surface area contributed by atoms with Gasteiger partial charge in [-0.05, 0) is 36.4 Å². The molecule has 12 heteroatoms. The first kappa shape index (κ1) is 25.1. The molecule has 1 aliphatic rings. The van der Waals surface area contributed by atoms with Gasteiger partial charge in [0.1, 0.15) is 11.6 Å². The van der Waals surface area contributed by atoms with Gasteiger partial charge in [-0.3, -0.25) is 9.78 Å². The lowest BCUT2D eigenvalue weighted by Gasteiger charge is -2.27. The third-order valence-electron chi connectivity index (χ3n) is 5.84. The Labute approximate surface area is 216 Å². The van der Waals surface area contributed by atoms with Gasteiger partial charge in [-0.2, -0.15) is 0 Å².